The Hall–Kier alpha value is -4.32. The van der Waals surface area contributed by atoms with Crippen molar-refractivity contribution in [3.05, 3.63) is 129 Å². The van der Waals surface area contributed by atoms with Crippen LogP contribution >= 0.6 is 35.0 Å². The topological polar surface area (TPSA) is 87.3 Å². The molecular weight excluding hydrogens is 641 g/mol. The molecule has 0 aliphatic carbocycles. The molecule has 0 heterocycles. The van der Waals surface area contributed by atoms with Gasteiger partial charge in [0.05, 0.1) is 22.0 Å². The maximum Gasteiger partial charge on any atom is 0.418 e. The largest absolute Gasteiger partial charge is 0.418 e. The molecule has 0 unspecified atom stereocenters. The van der Waals surface area contributed by atoms with E-state index in [-0.39, 0.29) is 38.3 Å². The van der Waals surface area contributed by atoms with Crippen LogP contribution < -0.4 is 16.0 Å². The van der Waals surface area contributed by atoms with Crippen molar-refractivity contribution in [1.29, 1.82) is 0 Å². The minimum absolute atomic E-state index is 0.0156. The molecule has 0 atom stereocenters. The van der Waals surface area contributed by atoms with Gasteiger partial charge in [0.2, 0.25) is 5.91 Å². The number of hydrogen-bond donors (Lipinski definition) is 3. The van der Waals surface area contributed by atoms with Gasteiger partial charge in [0, 0.05) is 26.7 Å². The molecule has 3 N–H and O–H groups in total. The molecule has 13 heteroatoms. The molecule has 0 fully saturated rings. The van der Waals surface area contributed by atoms with Crippen molar-refractivity contribution >= 4 is 70.1 Å². The minimum atomic E-state index is -4.72. The van der Waals surface area contributed by atoms with E-state index in [4.69, 9.17) is 23.2 Å². The first-order valence-corrected chi connectivity index (χ1v) is 14.4. The average Bonchev–Trinajstić information content (AvgIpc) is 2.98. The number of alkyl halides is 3. The SMILES string of the molecule is O=C(CSc1cccc(NC(=O)/C(=C\c2c(F)cccc2Cl)NC(=O)c2ccccc2)c1)Nc1ccc(Cl)cc1C(F)(F)F. The summed E-state index contributed by atoms with van der Waals surface area (Å²) in [5, 5.41) is 7.24. The number of carbonyl (C=O) groups is 3. The fraction of sp³-hybridized carbons (Fsp3) is 0.0645. The van der Waals surface area contributed by atoms with Gasteiger partial charge in [-0.15, -0.1) is 11.8 Å². The van der Waals surface area contributed by atoms with Crippen LogP contribution in [0.15, 0.2) is 102 Å². The average molecular weight is 662 g/mol. The molecule has 0 aromatic heterocycles. The lowest BCUT2D eigenvalue weighted by atomic mass is 10.1. The number of hydrogen-bond acceptors (Lipinski definition) is 4. The summed E-state index contributed by atoms with van der Waals surface area (Å²) in [5.74, 6) is -3.08. The van der Waals surface area contributed by atoms with Crippen LogP contribution in [0.25, 0.3) is 6.08 Å². The Labute approximate surface area is 263 Å². The lowest BCUT2D eigenvalue weighted by molar-refractivity contribution is -0.137. The zero-order chi connectivity index (χ0) is 31.9. The van der Waals surface area contributed by atoms with E-state index >= 15 is 0 Å². The first-order valence-electron chi connectivity index (χ1n) is 12.6. The summed E-state index contributed by atoms with van der Waals surface area (Å²) >= 11 is 12.8. The fourth-order valence-corrected chi connectivity index (χ4v) is 4.94. The molecule has 0 saturated heterocycles. The Morgan fingerprint density at radius 2 is 1.57 bits per heavy atom. The van der Waals surface area contributed by atoms with Gasteiger partial charge < -0.3 is 16.0 Å². The smallest absolute Gasteiger partial charge is 0.325 e. The highest BCUT2D eigenvalue weighted by molar-refractivity contribution is 8.00. The predicted molar refractivity (Wildman–Crippen MR) is 164 cm³/mol. The van der Waals surface area contributed by atoms with Crippen molar-refractivity contribution in [3.63, 3.8) is 0 Å². The zero-order valence-electron chi connectivity index (χ0n) is 22.3. The third-order valence-electron chi connectivity index (χ3n) is 5.84. The highest BCUT2D eigenvalue weighted by atomic mass is 35.5. The number of amides is 3. The molecule has 0 spiro atoms. The first-order chi connectivity index (χ1) is 20.9. The van der Waals surface area contributed by atoms with Crippen molar-refractivity contribution < 1.29 is 31.9 Å². The molecule has 4 aromatic carbocycles. The van der Waals surface area contributed by atoms with E-state index in [1.54, 1.807) is 30.3 Å². The predicted octanol–water partition coefficient (Wildman–Crippen LogP) is 8.29. The Kier molecular flexibility index (Phi) is 10.7. The van der Waals surface area contributed by atoms with Gasteiger partial charge in [0.25, 0.3) is 11.8 Å². The van der Waals surface area contributed by atoms with Gasteiger partial charge in [-0.05, 0) is 66.7 Å². The van der Waals surface area contributed by atoms with Gasteiger partial charge in [-0.3, -0.25) is 14.4 Å². The quantitative estimate of drug-likeness (QED) is 0.0957. The number of halogens is 6. The minimum Gasteiger partial charge on any atom is -0.325 e. The molecular formula is C31H21Cl2F4N3O3S. The van der Waals surface area contributed by atoms with E-state index in [1.165, 1.54) is 42.5 Å². The Balaban J connectivity index is 1.48. The molecule has 0 saturated carbocycles. The molecule has 4 aromatic rings. The van der Waals surface area contributed by atoms with Crippen LogP contribution in [0.5, 0.6) is 0 Å². The number of carbonyl (C=O) groups excluding carboxylic acids is 3. The second kappa shape index (κ2) is 14.4. The third-order valence-corrected chi connectivity index (χ3v) is 7.40. The zero-order valence-corrected chi connectivity index (χ0v) is 24.7. The molecule has 0 aliphatic rings. The van der Waals surface area contributed by atoms with Gasteiger partial charge in [-0.25, -0.2) is 4.39 Å². The Morgan fingerprint density at radius 3 is 2.27 bits per heavy atom. The molecule has 0 bridgehead atoms. The summed E-state index contributed by atoms with van der Waals surface area (Å²) in [6.07, 6.45) is -3.61. The fourth-order valence-electron chi connectivity index (χ4n) is 3.79. The van der Waals surface area contributed by atoms with Crippen molar-refractivity contribution in [2.75, 3.05) is 16.4 Å². The van der Waals surface area contributed by atoms with Crippen LogP contribution in [-0.4, -0.2) is 23.5 Å². The van der Waals surface area contributed by atoms with Crippen molar-refractivity contribution in [2.24, 2.45) is 0 Å². The summed E-state index contributed by atoms with van der Waals surface area (Å²) in [5.41, 5.74) is -1.40. The summed E-state index contributed by atoms with van der Waals surface area (Å²) in [7, 11) is 0. The van der Waals surface area contributed by atoms with Crippen molar-refractivity contribution in [3.8, 4) is 0 Å². The summed E-state index contributed by atoms with van der Waals surface area (Å²) in [4.78, 5) is 39.1. The van der Waals surface area contributed by atoms with Gasteiger partial charge >= 0.3 is 6.18 Å². The van der Waals surface area contributed by atoms with Crippen LogP contribution in [0.4, 0.5) is 28.9 Å². The summed E-state index contributed by atoms with van der Waals surface area (Å²) in [6, 6.07) is 21.3. The van der Waals surface area contributed by atoms with Crippen LogP contribution in [-0.2, 0) is 15.8 Å². The highest BCUT2D eigenvalue weighted by Crippen LogP contribution is 2.36. The molecule has 6 nitrogen and oxygen atoms in total. The Morgan fingerprint density at radius 1 is 0.841 bits per heavy atom. The normalized spacial score (nSPS) is 11.5. The number of nitrogens with one attached hydrogen (secondary N) is 3. The lowest BCUT2D eigenvalue weighted by Crippen LogP contribution is -2.30. The van der Waals surface area contributed by atoms with E-state index in [0.29, 0.717) is 4.90 Å². The number of benzene rings is 4. The molecule has 44 heavy (non-hydrogen) atoms. The maximum atomic E-state index is 14.5. The van der Waals surface area contributed by atoms with Crippen LogP contribution in [0, 0.1) is 5.82 Å². The van der Waals surface area contributed by atoms with Crippen molar-refractivity contribution in [2.45, 2.75) is 11.1 Å². The molecule has 0 radical (unpaired) electrons. The molecule has 3 amide bonds. The van der Waals surface area contributed by atoms with E-state index in [0.717, 1.165) is 36.0 Å². The van der Waals surface area contributed by atoms with Crippen LogP contribution in [0.2, 0.25) is 10.0 Å². The number of rotatable bonds is 9. The van der Waals surface area contributed by atoms with Crippen LogP contribution in [0.3, 0.4) is 0 Å². The standard InChI is InChI=1S/C31H21Cl2F4N3O3S/c32-19-12-13-26(23(14-19)31(35,36)37)39-28(41)17-44-21-9-4-8-20(15-21)38-30(43)27(16-22-24(33)10-5-11-25(22)34)40-29(42)18-6-2-1-3-7-18/h1-16H,17H2,(H,38,43)(H,39,41)(H,40,42)/b27-16+. The van der Waals surface area contributed by atoms with Gasteiger partial charge in [-0.1, -0.05) is 53.5 Å². The van der Waals surface area contributed by atoms with E-state index in [1.807, 2.05) is 0 Å². The maximum absolute atomic E-state index is 14.5. The van der Waals surface area contributed by atoms with E-state index < -0.39 is 41.0 Å². The monoisotopic (exact) mass is 661 g/mol. The molecule has 4 rings (SSSR count). The van der Waals surface area contributed by atoms with Gasteiger partial charge in [0.15, 0.2) is 0 Å². The van der Waals surface area contributed by atoms with E-state index in [9.17, 15) is 31.9 Å². The molecule has 226 valence electrons. The van der Waals surface area contributed by atoms with Crippen LogP contribution in [0.1, 0.15) is 21.5 Å². The summed E-state index contributed by atoms with van der Waals surface area (Å²) in [6.45, 7) is 0. The van der Waals surface area contributed by atoms with E-state index in [2.05, 4.69) is 16.0 Å². The second-order valence-corrected chi connectivity index (χ2v) is 10.9. The molecule has 0 aliphatic heterocycles. The lowest BCUT2D eigenvalue weighted by Gasteiger charge is -2.14. The first kappa shape index (κ1) is 32.6. The Bertz CT molecular complexity index is 1710. The number of thioether (sulfide) groups is 1. The van der Waals surface area contributed by atoms with Gasteiger partial charge in [-0.2, -0.15) is 13.2 Å². The number of anilines is 2. The highest BCUT2D eigenvalue weighted by Gasteiger charge is 2.34. The third kappa shape index (κ3) is 8.85. The second-order valence-electron chi connectivity index (χ2n) is 9.02. The van der Waals surface area contributed by atoms with Gasteiger partial charge in [0.1, 0.15) is 11.5 Å². The summed E-state index contributed by atoms with van der Waals surface area (Å²) < 4.78 is 54.6. The van der Waals surface area contributed by atoms with Crippen molar-refractivity contribution in [1.82, 2.24) is 5.32 Å².